The van der Waals surface area contributed by atoms with E-state index in [1.165, 1.54) is 11.1 Å². The maximum absolute atomic E-state index is 12.7. The van der Waals surface area contributed by atoms with E-state index in [2.05, 4.69) is 0 Å². The summed E-state index contributed by atoms with van der Waals surface area (Å²) in [6.07, 6.45) is 4.33. The predicted octanol–water partition coefficient (Wildman–Crippen LogP) is 3.76. The number of hydrogen-bond acceptors (Lipinski definition) is 4. The van der Waals surface area contributed by atoms with Gasteiger partial charge in [0.25, 0.3) is 5.91 Å². The highest BCUT2D eigenvalue weighted by atomic mass is 16.5. The van der Waals surface area contributed by atoms with Gasteiger partial charge in [0.1, 0.15) is 0 Å². The van der Waals surface area contributed by atoms with Gasteiger partial charge in [0.05, 0.1) is 5.92 Å². The fourth-order valence-electron chi connectivity index (χ4n) is 4.38. The summed E-state index contributed by atoms with van der Waals surface area (Å²) < 4.78 is 5.32. The molecule has 1 aliphatic heterocycles. The first-order chi connectivity index (χ1) is 14.5. The molecule has 1 aliphatic carbocycles. The molecule has 1 fully saturated rings. The van der Waals surface area contributed by atoms with Gasteiger partial charge < -0.3 is 9.64 Å². The average molecular weight is 405 g/mol. The number of Topliss-reactive ketones (excluding diaryl/α,β-unsaturated/α-hetero) is 1. The Morgan fingerprint density at radius 2 is 1.73 bits per heavy atom. The van der Waals surface area contributed by atoms with Gasteiger partial charge in [-0.25, -0.2) is 0 Å². The lowest BCUT2D eigenvalue weighted by Gasteiger charge is -2.31. The summed E-state index contributed by atoms with van der Waals surface area (Å²) in [5.41, 5.74) is 4.82. The Kier molecular flexibility index (Phi) is 5.98. The van der Waals surface area contributed by atoms with Crippen molar-refractivity contribution in [3.05, 3.63) is 70.3 Å². The van der Waals surface area contributed by atoms with Crippen LogP contribution in [0.3, 0.4) is 0 Å². The van der Waals surface area contributed by atoms with Crippen molar-refractivity contribution in [3.63, 3.8) is 0 Å². The van der Waals surface area contributed by atoms with Crippen LogP contribution < -0.4 is 0 Å². The molecule has 0 unspecified atom stereocenters. The number of carbonyl (C=O) groups excluding carboxylic acids is 3. The topological polar surface area (TPSA) is 63.7 Å². The van der Waals surface area contributed by atoms with Gasteiger partial charge >= 0.3 is 5.97 Å². The van der Waals surface area contributed by atoms with Crippen LogP contribution >= 0.6 is 0 Å². The molecule has 1 saturated heterocycles. The van der Waals surface area contributed by atoms with Crippen molar-refractivity contribution < 1.29 is 19.1 Å². The highest BCUT2D eigenvalue weighted by molar-refractivity contribution is 5.98. The lowest BCUT2D eigenvalue weighted by atomic mass is 9.96. The summed E-state index contributed by atoms with van der Waals surface area (Å²) in [5.74, 6) is -0.761. The van der Waals surface area contributed by atoms with Crippen molar-refractivity contribution in [2.75, 3.05) is 19.7 Å². The van der Waals surface area contributed by atoms with E-state index in [0.29, 0.717) is 37.1 Å². The van der Waals surface area contributed by atoms with Crippen molar-refractivity contribution in [2.45, 2.75) is 39.0 Å². The molecule has 5 nitrogen and oxygen atoms in total. The summed E-state index contributed by atoms with van der Waals surface area (Å²) >= 11 is 0. The van der Waals surface area contributed by atoms with Crippen LogP contribution in [0.4, 0.5) is 0 Å². The van der Waals surface area contributed by atoms with E-state index in [1.54, 1.807) is 4.90 Å². The molecule has 0 radical (unpaired) electrons. The van der Waals surface area contributed by atoms with Crippen LogP contribution in [-0.4, -0.2) is 42.3 Å². The zero-order chi connectivity index (χ0) is 21.1. The van der Waals surface area contributed by atoms with Gasteiger partial charge in [0.2, 0.25) is 0 Å². The van der Waals surface area contributed by atoms with Crippen LogP contribution in [-0.2, 0) is 22.4 Å². The second-order valence-corrected chi connectivity index (χ2v) is 8.25. The number of likely N-dealkylation sites (tertiary alicyclic amines) is 1. The minimum atomic E-state index is -0.340. The normalized spacial score (nSPS) is 16.2. The standard InChI is InChI=1S/C25H27NO4/c1-17-5-2-3-8-22(17)24(28)26-13-11-19(12-14-26)25(29)30-16-23(27)21-10-9-18-6-4-7-20(18)15-21/h2-3,5,8-10,15,19H,4,6-7,11-14,16H2,1H3. The first-order valence-corrected chi connectivity index (χ1v) is 10.7. The molecule has 5 heteroatoms. The average Bonchev–Trinajstić information content (AvgIpc) is 3.25. The number of ketones is 1. The number of esters is 1. The third-order valence-electron chi connectivity index (χ3n) is 6.26. The smallest absolute Gasteiger partial charge is 0.309 e. The minimum Gasteiger partial charge on any atom is -0.457 e. The molecule has 2 aromatic carbocycles. The van der Waals surface area contributed by atoms with Crippen LogP contribution in [0.5, 0.6) is 0 Å². The fraction of sp³-hybridized carbons (Fsp3) is 0.400. The van der Waals surface area contributed by atoms with Crippen LogP contribution in [0.15, 0.2) is 42.5 Å². The molecule has 1 amide bonds. The number of ether oxygens (including phenoxy) is 1. The monoisotopic (exact) mass is 405 g/mol. The number of benzene rings is 2. The van der Waals surface area contributed by atoms with E-state index in [9.17, 15) is 14.4 Å². The van der Waals surface area contributed by atoms with Crippen molar-refractivity contribution in [1.82, 2.24) is 4.90 Å². The van der Waals surface area contributed by atoms with E-state index in [4.69, 9.17) is 4.74 Å². The van der Waals surface area contributed by atoms with E-state index in [-0.39, 0.29) is 30.2 Å². The van der Waals surface area contributed by atoms with Crippen LogP contribution in [0, 0.1) is 12.8 Å². The van der Waals surface area contributed by atoms with Crippen LogP contribution in [0.25, 0.3) is 0 Å². The van der Waals surface area contributed by atoms with Gasteiger partial charge in [-0.3, -0.25) is 14.4 Å². The Morgan fingerprint density at radius 3 is 2.50 bits per heavy atom. The second kappa shape index (κ2) is 8.82. The number of aryl methyl sites for hydroxylation is 3. The third kappa shape index (κ3) is 4.30. The quantitative estimate of drug-likeness (QED) is 0.561. The molecule has 0 bridgehead atoms. The molecular formula is C25H27NO4. The maximum atomic E-state index is 12.7. The zero-order valence-electron chi connectivity index (χ0n) is 17.4. The summed E-state index contributed by atoms with van der Waals surface area (Å²) in [4.78, 5) is 39.4. The number of carbonyl (C=O) groups is 3. The molecule has 2 aliphatic rings. The van der Waals surface area contributed by atoms with Gasteiger partial charge in [-0.05, 0) is 67.9 Å². The lowest BCUT2D eigenvalue weighted by Crippen LogP contribution is -2.41. The van der Waals surface area contributed by atoms with Crippen molar-refractivity contribution in [3.8, 4) is 0 Å². The molecule has 1 heterocycles. The fourth-order valence-corrected chi connectivity index (χ4v) is 4.38. The highest BCUT2D eigenvalue weighted by Crippen LogP contribution is 2.24. The van der Waals surface area contributed by atoms with E-state index >= 15 is 0 Å². The summed E-state index contributed by atoms with van der Waals surface area (Å²) in [7, 11) is 0. The molecule has 4 rings (SSSR count). The molecule has 0 aromatic heterocycles. The van der Waals surface area contributed by atoms with Gasteiger partial charge in [0, 0.05) is 24.2 Å². The molecule has 0 saturated carbocycles. The Bertz CT molecular complexity index is 973. The zero-order valence-corrected chi connectivity index (χ0v) is 17.4. The summed E-state index contributed by atoms with van der Waals surface area (Å²) in [6, 6.07) is 13.3. The maximum Gasteiger partial charge on any atom is 0.309 e. The van der Waals surface area contributed by atoms with Crippen molar-refractivity contribution >= 4 is 17.7 Å². The number of nitrogens with zero attached hydrogens (tertiary/aromatic N) is 1. The Hall–Kier alpha value is -2.95. The first kappa shape index (κ1) is 20.3. The first-order valence-electron chi connectivity index (χ1n) is 10.7. The minimum absolute atomic E-state index is 0.00621. The molecule has 30 heavy (non-hydrogen) atoms. The SMILES string of the molecule is Cc1ccccc1C(=O)N1CCC(C(=O)OCC(=O)c2ccc3c(c2)CCC3)CC1. The molecule has 156 valence electrons. The van der Waals surface area contributed by atoms with Crippen LogP contribution in [0.1, 0.15) is 56.7 Å². The number of piperidine rings is 1. The Balaban J connectivity index is 1.27. The van der Waals surface area contributed by atoms with E-state index in [0.717, 1.165) is 24.8 Å². The predicted molar refractivity (Wildman–Crippen MR) is 114 cm³/mol. The Labute approximate surface area is 177 Å². The van der Waals surface area contributed by atoms with Crippen molar-refractivity contribution in [2.24, 2.45) is 5.92 Å². The number of hydrogen-bond donors (Lipinski definition) is 0. The van der Waals surface area contributed by atoms with Gasteiger partial charge in [-0.2, -0.15) is 0 Å². The van der Waals surface area contributed by atoms with Gasteiger partial charge in [0.15, 0.2) is 12.4 Å². The molecule has 0 spiro atoms. The molecule has 0 N–H and O–H groups in total. The molecule has 0 atom stereocenters. The van der Waals surface area contributed by atoms with E-state index in [1.807, 2.05) is 49.4 Å². The number of fused-ring (bicyclic) bond motifs is 1. The molecular weight excluding hydrogens is 378 g/mol. The number of amides is 1. The second-order valence-electron chi connectivity index (χ2n) is 8.25. The largest absolute Gasteiger partial charge is 0.457 e. The highest BCUT2D eigenvalue weighted by Gasteiger charge is 2.29. The van der Waals surface area contributed by atoms with E-state index < -0.39 is 0 Å². The van der Waals surface area contributed by atoms with Crippen molar-refractivity contribution in [1.29, 1.82) is 0 Å². The third-order valence-corrected chi connectivity index (χ3v) is 6.26. The summed E-state index contributed by atoms with van der Waals surface area (Å²) in [6.45, 7) is 2.74. The van der Waals surface area contributed by atoms with Gasteiger partial charge in [-0.15, -0.1) is 0 Å². The lowest BCUT2D eigenvalue weighted by molar-refractivity contribution is -0.148. The summed E-state index contributed by atoms with van der Waals surface area (Å²) in [5, 5.41) is 0. The molecule has 2 aromatic rings. The van der Waals surface area contributed by atoms with Crippen LogP contribution in [0.2, 0.25) is 0 Å². The number of rotatable bonds is 5. The Morgan fingerprint density at radius 1 is 1.00 bits per heavy atom. The van der Waals surface area contributed by atoms with Gasteiger partial charge in [-0.1, -0.05) is 30.3 Å².